The molecule has 6 rings (SSSR count). The second-order valence-corrected chi connectivity index (χ2v) is 10.6. The summed E-state index contributed by atoms with van der Waals surface area (Å²) in [6.45, 7) is 1.87. The summed E-state index contributed by atoms with van der Waals surface area (Å²) in [5.74, 6) is 1.70. The Kier molecular flexibility index (Phi) is 6.54. The van der Waals surface area contributed by atoms with Crippen molar-refractivity contribution in [3.8, 4) is 0 Å². The SMILES string of the molecule is CN(CCCc1nc2cc(Cl)c(Cl)cc2[nH]1)CCC1(O)CC2CC[C@H]1C=C2c1ccccc1. The third-order valence-electron chi connectivity index (χ3n) is 7.50. The number of rotatable bonds is 8. The zero-order valence-corrected chi connectivity index (χ0v) is 20.5. The molecular formula is C27H31Cl2N3O. The number of H-pyrrole nitrogens is 1. The van der Waals surface area contributed by atoms with Crippen molar-refractivity contribution < 1.29 is 5.11 Å². The van der Waals surface area contributed by atoms with Gasteiger partial charge in [0.25, 0.3) is 0 Å². The minimum atomic E-state index is -0.577. The highest BCUT2D eigenvalue weighted by Gasteiger charge is 2.46. The second-order valence-electron chi connectivity index (χ2n) is 9.80. The molecule has 2 unspecified atom stereocenters. The van der Waals surface area contributed by atoms with E-state index in [0.29, 0.717) is 16.0 Å². The highest BCUT2D eigenvalue weighted by Crippen LogP contribution is 2.51. The molecule has 0 amide bonds. The lowest BCUT2D eigenvalue weighted by atomic mass is 9.61. The number of aromatic nitrogens is 2. The molecule has 1 saturated carbocycles. The molecule has 1 fully saturated rings. The summed E-state index contributed by atoms with van der Waals surface area (Å²) in [4.78, 5) is 10.3. The van der Waals surface area contributed by atoms with Gasteiger partial charge in [0, 0.05) is 18.9 Å². The molecule has 6 heteroatoms. The summed E-state index contributed by atoms with van der Waals surface area (Å²) in [6.07, 6.45) is 8.24. The van der Waals surface area contributed by atoms with Gasteiger partial charge in [-0.15, -0.1) is 0 Å². The van der Waals surface area contributed by atoms with Crippen LogP contribution in [0.2, 0.25) is 10.0 Å². The highest BCUT2D eigenvalue weighted by molar-refractivity contribution is 6.42. The minimum absolute atomic E-state index is 0.264. The third kappa shape index (κ3) is 4.85. The molecule has 2 aromatic carbocycles. The van der Waals surface area contributed by atoms with E-state index in [4.69, 9.17) is 23.2 Å². The molecule has 3 aliphatic rings. The number of hydrogen-bond donors (Lipinski definition) is 2. The monoisotopic (exact) mass is 483 g/mol. The lowest BCUT2D eigenvalue weighted by Gasteiger charge is -2.48. The first kappa shape index (κ1) is 22.9. The zero-order chi connectivity index (χ0) is 23.0. The molecule has 3 aromatic rings. The molecule has 4 nitrogen and oxygen atoms in total. The number of benzene rings is 2. The molecule has 0 aliphatic heterocycles. The lowest BCUT2D eigenvalue weighted by Crippen LogP contribution is -2.48. The van der Waals surface area contributed by atoms with Crippen LogP contribution in [0, 0.1) is 11.8 Å². The van der Waals surface area contributed by atoms with E-state index in [1.165, 1.54) is 17.6 Å². The van der Waals surface area contributed by atoms with E-state index in [9.17, 15) is 5.11 Å². The zero-order valence-electron chi connectivity index (χ0n) is 19.0. The molecule has 0 radical (unpaired) electrons. The van der Waals surface area contributed by atoms with E-state index in [1.54, 1.807) is 0 Å². The van der Waals surface area contributed by atoms with Gasteiger partial charge in [-0.3, -0.25) is 0 Å². The summed E-state index contributed by atoms with van der Waals surface area (Å²) in [7, 11) is 2.15. The predicted molar refractivity (Wildman–Crippen MR) is 137 cm³/mol. The molecular weight excluding hydrogens is 453 g/mol. The van der Waals surface area contributed by atoms with Gasteiger partial charge in [-0.25, -0.2) is 4.98 Å². The summed E-state index contributed by atoms with van der Waals surface area (Å²) < 4.78 is 0. The van der Waals surface area contributed by atoms with Crippen LogP contribution in [-0.2, 0) is 6.42 Å². The Morgan fingerprint density at radius 3 is 2.67 bits per heavy atom. The van der Waals surface area contributed by atoms with Crippen molar-refractivity contribution in [3.05, 3.63) is 70.0 Å². The first-order chi connectivity index (χ1) is 15.9. The van der Waals surface area contributed by atoms with Crippen LogP contribution in [0.1, 0.15) is 43.5 Å². The number of nitrogens with zero attached hydrogens (tertiary/aromatic N) is 2. The number of halogens is 2. The van der Waals surface area contributed by atoms with Crippen LogP contribution in [0.15, 0.2) is 48.5 Å². The van der Waals surface area contributed by atoms with Crippen molar-refractivity contribution in [3.63, 3.8) is 0 Å². The van der Waals surface area contributed by atoms with Crippen LogP contribution >= 0.6 is 23.2 Å². The molecule has 2 N–H and O–H groups in total. The van der Waals surface area contributed by atoms with Gasteiger partial charge in [-0.05, 0) is 74.9 Å². The lowest BCUT2D eigenvalue weighted by molar-refractivity contribution is -0.0574. The van der Waals surface area contributed by atoms with Gasteiger partial charge in [0.05, 0.1) is 26.7 Å². The fourth-order valence-electron chi connectivity index (χ4n) is 5.63. The largest absolute Gasteiger partial charge is 0.389 e. The van der Waals surface area contributed by atoms with E-state index in [-0.39, 0.29) is 5.92 Å². The molecule has 2 bridgehead atoms. The minimum Gasteiger partial charge on any atom is -0.389 e. The molecule has 174 valence electrons. The Bertz CT molecular complexity index is 1120. The maximum atomic E-state index is 11.5. The topological polar surface area (TPSA) is 52.2 Å². The van der Waals surface area contributed by atoms with Gasteiger partial charge in [-0.1, -0.05) is 59.6 Å². The normalized spacial score (nSPS) is 24.6. The van der Waals surface area contributed by atoms with Gasteiger partial charge in [0.2, 0.25) is 0 Å². The first-order valence-corrected chi connectivity index (χ1v) is 12.7. The van der Waals surface area contributed by atoms with E-state index < -0.39 is 5.60 Å². The molecule has 33 heavy (non-hydrogen) atoms. The molecule has 0 saturated heterocycles. The summed E-state index contributed by atoms with van der Waals surface area (Å²) in [5.41, 5.74) is 3.96. The fourth-order valence-corrected chi connectivity index (χ4v) is 5.95. The van der Waals surface area contributed by atoms with Gasteiger partial charge in [0.15, 0.2) is 0 Å². The average molecular weight is 484 g/mol. The Hall–Kier alpha value is -1.85. The third-order valence-corrected chi connectivity index (χ3v) is 8.22. The van der Waals surface area contributed by atoms with Crippen LogP contribution in [0.5, 0.6) is 0 Å². The molecule has 3 aliphatic carbocycles. The van der Waals surface area contributed by atoms with Gasteiger partial charge in [0.1, 0.15) is 5.82 Å². The van der Waals surface area contributed by atoms with Gasteiger partial charge in [-0.2, -0.15) is 0 Å². The Morgan fingerprint density at radius 1 is 1.12 bits per heavy atom. The van der Waals surface area contributed by atoms with E-state index in [2.05, 4.69) is 58.3 Å². The van der Waals surface area contributed by atoms with Crippen LogP contribution < -0.4 is 0 Å². The summed E-state index contributed by atoms with van der Waals surface area (Å²) in [5, 5.41) is 12.6. The predicted octanol–water partition coefficient (Wildman–Crippen LogP) is 6.37. The van der Waals surface area contributed by atoms with Crippen molar-refractivity contribution in [2.24, 2.45) is 11.8 Å². The van der Waals surface area contributed by atoms with Crippen molar-refractivity contribution in [1.82, 2.24) is 14.9 Å². The van der Waals surface area contributed by atoms with Crippen LogP contribution in [0.4, 0.5) is 0 Å². The number of aromatic amines is 1. The molecule has 3 atom stereocenters. The Morgan fingerprint density at radius 2 is 1.91 bits per heavy atom. The van der Waals surface area contributed by atoms with Crippen molar-refractivity contribution >= 4 is 39.8 Å². The molecule has 1 heterocycles. The average Bonchev–Trinajstić information content (AvgIpc) is 3.20. The number of imidazole rings is 1. The summed E-state index contributed by atoms with van der Waals surface area (Å²) in [6, 6.07) is 14.3. The molecule has 0 spiro atoms. The standard InChI is InChI=1S/C27H31Cl2N3O/c1-32(12-5-8-26-30-24-15-22(28)23(29)16-25(24)31-26)13-11-27(33)17-19-9-10-20(27)14-21(19)18-6-3-2-4-7-18/h2-4,6-7,14-16,19-20,33H,5,8-13,17H2,1H3,(H,30,31)/t19?,20-,27?/m0/s1. The van der Waals surface area contributed by atoms with Crippen molar-refractivity contribution in [1.29, 1.82) is 0 Å². The fraction of sp³-hybridized carbons (Fsp3) is 0.444. The quantitative estimate of drug-likeness (QED) is 0.391. The van der Waals surface area contributed by atoms with Crippen LogP contribution in [0.3, 0.4) is 0 Å². The van der Waals surface area contributed by atoms with Gasteiger partial charge >= 0.3 is 0 Å². The van der Waals surface area contributed by atoms with Crippen LogP contribution in [-0.4, -0.2) is 45.7 Å². The highest BCUT2D eigenvalue weighted by atomic mass is 35.5. The maximum Gasteiger partial charge on any atom is 0.107 e. The summed E-state index contributed by atoms with van der Waals surface area (Å²) >= 11 is 12.2. The number of hydrogen-bond acceptors (Lipinski definition) is 3. The number of fused-ring (bicyclic) bond motifs is 3. The number of allylic oxidation sites excluding steroid dienone is 1. The van der Waals surface area contributed by atoms with Crippen LogP contribution in [0.25, 0.3) is 16.6 Å². The maximum absolute atomic E-state index is 11.5. The Labute approximate surface area is 205 Å². The van der Waals surface area contributed by atoms with E-state index in [0.717, 1.165) is 62.1 Å². The van der Waals surface area contributed by atoms with Crippen molar-refractivity contribution in [2.75, 3.05) is 20.1 Å². The van der Waals surface area contributed by atoms with E-state index >= 15 is 0 Å². The number of aliphatic hydroxyl groups is 1. The molecule has 1 aromatic heterocycles. The van der Waals surface area contributed by atoms with Crippen molar-refractivity contribution in [2.45, 2.75) is 44.1 Å². The first-order valence-electron chi connectivity index (χ1n) is 11.9. The van der Waals surface area contributed by atoms with E-state index in [1.807, 2.05) is 12.1 Å². The number of aryl methyl sites for hydroxylation is 1. The van der Waals surface area contributed by atoms with Gasteiger partial charge < -0.3 is 15.0 Å². The second kappa shape index (κ2) is 9.42. The Balaban J connectivity index is 1.13. The smallest absolute Gasteiger partial charge is 0.107 e. The number of nitrogens with one attached hydrogen (secondary N) is 1.